The number of hydrogen-bond donors (Lipinski definition) is 1. The van der Waals surface area contributed by atoms with Crippen LogP contribution in [0, 0.1) is 0 Å². The maximum Gasteiger partial charge on any atom is 0.0951 e. The quantitative estimate of drug-likeness (QED) is 0.855. The Labute approximate surface area is 117 Å². The van der Waals surface area contributed by atoms with Gasteiger partial charge in [-0.2, -0.15) is 0 Å². The molecule has 1 N–H and O–H groups in total. The van der Waals surface area contributed by atoms with E-state index < -0.39 is 0 Å². The second-order valence-corrected chi connectivity index (χ2v) is 5.58. The van der Waals surface area contributed by atoms with Crippen LogP contribution < -0.4 is 5.32 Å². The Bertz CT molecular complexity index is 364. The van der Waals surface area contributed by atoms with E-state index in [-0.39, 0.29) is 0 Å². The van der Waals surface area contributed by atoms with E-state index in [2.05, 4.69) is 46.7 Å². The molecule has 0 aliphatic carbocycles. The van der Waals surface area contributed by atoms with Crippen molar-refractivity contribution in [3.8, 4) is 0 Å². The minimum Gasteiger partial charge on any atom is -0.330 e. The van der Waals surface area contributed by atoms with E-state index in [0.29, 0.717) is 12.0 Å². The maximum absolute atomic E-state index is 4.40. The first-order valence-corrected chi connectivity index (χ1v) is 7.71. The lowest BCUT2D eigenvalue weighted by Crippen LogP contribution is -2.31. The zero-order valence-electron chi connectivity index (χ0n) is 12.6. The fourth-order valence-corrected chi connectivity index (χ4v) is 3.06. The molecule has 1 aromatic heterocycles. The molecular weight excluding hydrogens is 236 g/mol. The van der Waals surface area contributed by atoms with Gasteiger partial charge in [-0.1, -0.05) is 13.8 Å². The van der Waals surface area contributed by atoms with Gasteiger partial charge in [-0.25, -0.2) is 4.98 Å². The molecule has 0 amide bonds. The van der Waals surface area contributed by atoms with Crippen molar-refractivity contribution >= 4 is 0 Å². The zero-order valence-corrected chi connectivity index (χ0v) is 12.6. The molecule has 1 aliphatic heterocycles. The first-order chi connectivity index (χ1) is 9.26. The van der Waals surface area contributed by atoms with Crippen LogP contribution in [0.15, 0.2) is 12.5 Å². The molecule has 1 saturated heterocycles. The standard InChI is InChI=1S/C15H28N4/c1-4-18(5-2)11-13(3)19-12-17-10-15(19)14-6-8-16-9-7-14/h10,12-14,16H,4-9,11H2,1-3H3. The van der Waals surface area contributed by atoms with Crippen molar-refractivity contribution in [1.29, 1.82) is 0 Å². The summed E-state index contributed by atoms with van der Waals surface area (Å²) in [5.74, 6) is 0.683. The first-order valence-electron chi connectivity index (χ1n) is 7.71. The topological polar surface area (TPSA) is 33.1 Å². The molecule has 4 heteroatoms. The average molecular weight is 264 g/mol. The fraction of sp³-hybridized carbons (Fsp3) is 0.800. The second kappa shape index (κ2) is 7.06. The summed E-state index contributed by atoms with van der Waals surface area (Å²) in [5, 5.41) is 3.44. The van der Waals surface area contributed by atoms with Crippen LogP contribution in [0.4, 0.5) is 0 Å². The van der Waals surface area contributed by atoms with E-state index in [0.717, 1.165) is 32.7 Å². The minimum atomic E-state index is 0.507. The largest absolute Gasteiger partial charge is 0.330 e. The number of likely N-dealkylation sites (N-methyl/N-ethyl adjacent to an activating group) is 1. The predicted molar refractivity (Wildman–Crippen MR) is 79.6 cm³/mol. The molecule has 108 valence electrons. The first kappa shape index (κ1) is 14.5. The number of nitrogens with zero attached hydrogens (tertiary/aromatic N) is 3. The summed E-state index contributed by atoms with van der Waals surface area (Å²) in [4.78, 5) is 6.88. The van der Waals surface area contributed by atoms with Crippen molar-refractivity contribution in [2.45, 2.75) is 45.6 Å². The molecular formula is C15H28N4. The molecule has 2 rings (SSSR count). The fourth-order valence-electron chi connectivity index (χ4n) is 3.06. The Morgan fingerprint density at radius 3 is 2.68 bits per heavy atom. The molecule has 0 radical (unpaired) electrons. The molecule has 0 bridgehead atoms. The maximum atomic E-state index is 4.40. The van der Waals surface area contributed by atoms with E-state index in [1.165, 1.54) is 18.5 Å². The van der Waals surface area contributed by atoms with Crippen molar-refractivity contribution in [3.05, 3.63) is 18.2 Å². The van der Waals surface area contributed by atoms with Gasteiger partial charge in [0.25, 0.3) is 0 Å². The summed E-state index contributed by atoms with van der Waals surface area (Å²) in [6.45, 7) is 12.4. The normalized spacial score (nSPS) is 18.9. The number of rotatable bonds is 6. The van der Waals surface area contributed by atoms with E-state index in [1.54, 1.807) is 0 Å². The second-order valence-electron chi connectivity index (χ2n) is 5.58. The summed E-state index contributed by atoms with van der Waals surface area (Å²) in [6, 6.07) is 0.507. The van der Waals surface area contributed by atoms with Gasteiger partial charge in [0.2, 0.25) is 0 Å². The molecule has 0 aromatic carbocycles. The molecule has 0 saturated carbocycles. The van der Waals surface area contributed by atoms with Crippen LogP contribution in [0.2, 0.25) is 0 Å². The molecule has 1 aromatic rings. The highest BCUT2D eigenvalue weighted by Crippen LogP contribution is 2.27. The zero-order chi connectivity index (χ0) is 13.7. The van der Waals surface area contributed by atoms with Crippen molar-refractivity contribution in [2.24, 2.45) is 0 Å². The lowest BCUT2D eigenvalue weighted by molar-refractivity contribution is 0.256. The third-order valence-corrected chi connectivity index (χ3v) is 4.35. The van der Waals surface area contributed by atoms with Crippen LogP contribution in [-0.4, -0.2) is 47.2 Å². The Kier molecular flexibility index (Phi) is 5.40. The number of piperidine rings is 1. The van der Waals surface area contributed by atoms with Gasteiger partial charge in [0.05, 0.1) is 6.33 Å². The van der Waals surface area contributed by atoms with Gasteiger partial charge in [0.15, 0.2) is 0 Å². The molecule has 0 spiro atoms. The third kappa shape index (κ3) is 3.57. The van der Waals surface area contributed by atoms with Crippen molar-refractivity contribution < 1.29 is 0 Å². The van der Waals surface area contributed by atoms with Crippen LogP contribution in [0.5, 0.6) is 0 Å². The van der Waals surface area contributed by atoms with Crippen molar-refractivity contribution in [1.82, 2.24) is 19.8 Å². The highest BCUT2D eigenvalue weighted by Gasteiger charge is 2.21. The van der Waals surface area contributed by atoms with Crippen LogP contribution in [0.1, 0.15) is 51.3 Å². The highest BCUT2D eigenvalue weighted by molar-refractivity contribution is 5.09. The molecule has 1 aliphatic rings. The average Bonchev–Trinajstić information content (AvgIpc) is 2.95. The number of hydrogen-bond acceptors (Lipinski definition) is 3. The van der Waals surface area contributed by atoms with Crippen molar-refractivity contribution in [3.63, 3.8) is 0 Å². The lowest BCUT2D eigenvalue weighted by Gasteiger charge is -2.28. The molecule has 1 atom stereocenters. The van der Waals surface area contributed by atoms with Gasteiger partial charge in [-0.15, -0.1) is 0 Å². The Hall–Kier alpha value is -0.870. The molecule has 1 fully saturated rings. The molecule has 1 unspecified atom stereocenters. The van der Waals surface area contributed by atoms with E-state index >= 15 is 0 Å². The number of nitrogens with one attached hydrogen (secondary N) is 1. The summed E-state index contributed by atoms with van der Waals surface area (Å²) < 4.78 is 2.40. The van der Waals surface area contributed by atoms with Gasteiger partial charge in [-0.3, -0.25) is 0 Å². The van der Waals surface area contributed by atoms with Gasteiger partial charge in [0, 0.05) is 30.4 Å². The minimum absolute atomic E-state index is 0.507. The van der Waals surface area contributed by atoms with Crippen LogP contribution >= 0.6 is 0 Å². The van der Waals surface area contributed by atoms with Gasteiger partial charge in [0.1, 0.15) is 0 Å². The Morgan fingerprint density at radius 1 is 1.37 bits per heavy atom. The van der Waals surface area contributed by atoms with Gasteiger partial charge < -0.3 is 14.8 Å². The summed E-state index contributed by atoms with van der Waals surface area (Å²) in [7, 11) is 0. The molecule has 19 heavy (non-hydrogen) atoms. The van der Waals surface area contributed by atoms with Crippen molar-refractivity contribution in [2.75, 3.05) is 32.7 Å². The summed E-state index contributed by atoms with van der Waals surface area (Å²) in [5.41, 5.74) is 1.43. The molecule has 2 heterocycles. The van der Waals surface area contributed by atoms with Crippen LogP contribution in [-0.2, 0) is 0 Å². The van der Waals surface area contributed by atoms with E-state index in [4.69, 9.17) is 0 Å². The lowest BCUT2D eigenvalue weighted by atomic mass is 9.94. The van der Waals surface area contributed by atoms with Crippen LogP contribution in [0.3, 0.4) is 0 Å². The smallest absolute Gasteiger partial charge is 0.0951 e. The Morgan fingerprint density at radius 2 is 2.05 bits per heavy atom. The third-order valence-electron chi connectivity index (χ3n) is 4.35. The number of imidazole rings is 1. The highest BCUT2D eigenvalue weighted by atomic mass is 15.2. The van der Waals surface area contributed by atoms with E-state index in [9.17, 15) is 0 Å². The monoisotopic (exact) mass is 264 g/mol. The predicted octanol–water partition coefficient (Wildman–Crippen LogP) is 2.25. The SMILES string of the molecule is CCN(CC)CC(C)n1cncc1C1CCNCC1. The van der Waals surface area contributed by atoms with Gasteiger partial charge in [-0.05, 0) is 45.9 Å². The summed E-state index contributed by atoms with van der Waals surface area (Å²) >= 11 is 0. The van der Waals surface area contributed by atoms with Gasteiger partial charge >= 0.3 is 0 Å². The van der Waals surface area contributed by atoms with E-state index in [1.807, 2.05) is 6.33 Å². The Balaban J connectivity index is 2.05. The molecule has 4 nitrogen and oxygen atoms in total. The number of aromatic nitrogens is 2. The summed E-state index contributed by atoms with van der Waals surface area (Å²) in [6.07, 6.45) is 6.58. The van der Waals surface area contributed by atoms with Crippen LogP contribution in [0.25, 0.3) is 0 Å².